The molecular formula is C15H10BNO. The molecule has 0 fully saturated rings. The van der Waals surface area contributed by atoms with Gasteiger partial charge in [0.2, 0.25) is 0 Å². The quantitative estimate of drug-likeness (QED) is 0.434. The van der Waals surface area contributed by atoms with Crippen molar-refractivity contribution < 1.29 is 4.42 Å². The summed E-state index contributed by atoms with van der Waals surface area (Å²) in [4.78, 5) is 4.51. The lowest BCUT2D eigenvalue weighted by atomic mass is 9.92. The number of pyridine rings is 1. The van der Waals surface area contributed by atoms with Crippen molar-refractivity contribution >= 4 is 46.2 Å². The Morgan fingerprint density at radius 2 is 1.72 bits per heavy atom. The molecule has 84 valence electrons. The largest absolute Gasteiger partial charge is 0.454 e. The number of para-hydroxylation sites is 2. The summed E-state index contributed by atoms with van der Waals surface area (Å²) >= 11 is 0. The van der Waals surface area contributed by atoms with Crippen molar-refractivity contribution in [2.24, 2.45) is 0 Å². The van der Waals surface area contributed by atoms with E-state index in [1.807, 2.05) is 24.4 Å². The Labute approximate surface area is 105 Å². The fourth-order valence-corrected chi connectivity index (χ4v) is 2.59. The number of rotatable bonds is 0. The third kappa shape index (κ3) is 1.16. The second-order valence-corrected chi connectivity index (χ2v) is 4.57. The van der Waals surface area contributed by atoms with Crippen molar-refractivity contribution in [2.45, 2.75) is 0 Å². The van der Waals surface area contributed by atoms with Gasteiger partial charge in [-0.3, -0.25) is 4.98 Å². The molecule has 0 saturated carbocycles. The van der Waals surface area contributed by atoms with Gasteiger partial charge in [0.15, 0.2) is 5.58 Å². The van der Waals surface area contributed by atoms with Gasteiger partial charge in [-0.15, -0.1) is 0 Å². The number of fused-ring (bicyclic) bond motifs is 5. The lowest BCUT2D eigenvalue weighted by Crippen LogP contribution is -2.04. The summed E-state index contributed by atoms with van der Waals surface area (Å²) in [5, 5.41) is 3.49. The minimum atomic E-state index is 0.856. The first-order valence-corrected chi connectivity index (χ1v) is 6.00. The Hall–Kier alpha value is -2.29. The van der Waals surface area contributed by atoms with Crippen LogP contribution in [0.15, 0.2) is 53.1 Å². The van der Waals surface area contributed by atoms with Gasteiger partial charge in [0.25, 0.3) is 0 Å². The molecule has 0 aliphatic carbocycles. The van der Waals surface area contributed by atoms with E-state index >= 15 is 0 Å². The first kappa shape index (κ1) is 9.72. The van der Waals surface area contributed by atoms with Gasteiger partial charge in [0, 0.05) is 16.2 Å². The first-order chi connectivity index (χ1) is 8.84. The van der Waals surface area contributed by atoms with Gasteiger partial charge in [0.1, 0.15) is 13.4 Å². The normalized spacial score (nSPS) is 11.6. The van der Waals surface area contributed by atoms with Gasteiger partial charge >= 0.3 is 0 Å². The van der Waals surface area contributed by atoms with E-state index < -0.39 is 0 Å². The minimum Gasteiger partial charge on any atom is -0.454 e. The third-order valence-electron chi connectivity index (χ3n) is 3.44. The topological polar surface area (TPSA) is 26.0 Å². The van der Waals surface area contributed by atoms with E-state index in [0.717, 1.165) is 27.5 Å². The molecule has 2 aromatic heterocycles. The molecule has 0 bridgehead atoms. The molecule has 0 atom stereocenters. The van der Waals surface area contributed by atoms with Crippen LogP contribution in [0, 0.1) is 0 Å². The highest BCUT2D eigenvalue weighted by Gasteiger charge is 2.10. The van der Waals surface area contributed by atoms with Gasteiger partial charge in [0.05, 0.1) is 11.7 Å². The van der Waals surface area contributed by atoms with Gasteiger partial charge in [-0.2, -0.15) is 0 Å². The van der Waals surface area contributed by atoms with Gasteiger partial charge < -0.3 is 4.42 Å². The summed E-state index contributed by atoms with van der Waals surface area (Å²) in [6.07, 6.45) is 1.82. The Kier molecular flexibility index (Phi) is 1.81. The van der Waals surface area contributed by atoms with Crippen LogP contribution in [0.4, 0.5) is 0 Å². The maximum Gasteiger partial charge on any atom is 0.154 e. The monoisotopic (exact) mass is 231 g/mol. The second kappa shape index (κ2) is 3.36. The molecule has 2 heterocycles. The third-order valence-corrected chi connectivity index (χ3v) is 3.44. The summed E-state index contributed by atoms with van der Waals surface area (Å²) in [6.45, 7) is 0. The van der Waals surface area contributed by atoms with E-state index in [-0.39, 0.29) is 0 Å². The average molecular weight is 231 g/mol. The molecule has 0 N–H and O–H groups in total. The van der Waals surface area contributed by atoms with Crippen molar-refractivity contribution in [3.63, 3.8) is 0 Å². The number of hydrogen-bond acceptors (Lipinski definition) is 2. The zero-order valence-electron chi connectivity index (χ0n) is 9.97. The number of benzene rings is 2. The van der Waals surface area contributed by atoms with Gasteiger partial charge in [-0.05, 0) is 6.07 Å². The second-order valence-electron chi connectivity index (χ2n) is 4.57. The zero-order valence-corrected chi connectivity index (χ0v) is 9.97. The summed E-state index contributed by atoms with van der Waals surface area (Å²) in [5.41, 5.74) is 4.02. The van der Waals surface area contributed by atoms with E-state index in [4.69, 9.17) is 4.42 Å². The fraction of sp³-hybridized carbons (Fsp3) is 0. The van der Waals surface area contributed by atoms with Crippen LogP contribution in [0.1, 0.15) is 0 Å². The van der Waals surface area contributed by atoms with Crippen LogP contribution in [0.5, 0.6) is 0 Å². The van der Waals surface area contributed by atoms with Gasteiger partial charge in [-0.1, -0.05) is 41.9 Å². The maximum atomic E-state index is 5.84. The van der Waals surface area contributed by atoms with Gasteiger partial charge in [-0.25, -0.2) is 0 Å². The molecule has 2 aromatic carbocycles. The summed E-state index contributed by atoms with van der Waals surface area (Å²) < 4.78 is 5.84. The summed E-state index contributed by atoms with van der Waals surface area (Å²) in [5.74, 6) is 0. The number of aromatic nitrogens is 1. The molecule has 0 saturated heterocycles. The number of hydrogen-bond donors (Lipinski definition) is 0. The highest BCUT2D eigenvalue weighted by Crippen LogP contribution is 2.32. The lowest BCUT2D eigenvalue weighted by molar-refractivity contribution is 0.667. The van der Waals surface area contributed by atoms with E-state index in [1.165, 1.54) is 10.8 Å². The molecule has 2 nitrogen and oxygen atoms in total. The Bertz CT molecular complexity index is 895. The average Bonchev–Trinajstić information content (AvgIpc) is 2.77. The molecule has 0 amide bonds. The van der Waals surface area contributed by atoms with Crippen molar-refractivity contribution in [1.82, 2.24) is 4.98 Å². The number of nitrogens with zero attached hydrogens (tertiary/aromatic N) is 1. The Balaban J connectivity index is 2.37. The van der Waals surface area contributed by atoms with Crippen LogP contribution in [0.2, 0.25) is 0 Å². The SMILES string of the molecule is Bc1cccc2c1ncc1oc3ccccc3c12. The van der Waals surface area contributed by atoms with E-state index in [0.29, 0.717) is 0 Å². The standard InChI is InChI=1S/C15H10BNO/c16-11-6-3-5-10-14-9-4-1-2-7-12(9)18-13(14)8-17-15(10)11/h1-8H,16H2. The minimum absolute atomic E-state index is 0.856. The smallest absolute Gasteiger partial charge is 0.154 e. The molecule has 3 heteroatoms. The molecule has 18 heavy (non-hydrogen) atoms. The first-order valence-electron chi connectivity index (χ1n) is 6.00. The predicted molar refractivity (Wildman–Crippen MR) is 77.2 cm³/mol. The van der Waals surface area contributed by atoms with Crippen molar-refractivity contribution in [2.75, 3.05) is 0 Å². The summed E-state index contributed by atoms with van der Waals surface area (Å²) in [6, 6.07) is 14.4. The van der Waals surface area contributed by atoms with Crippen molar-refractivity contribution in [1.29, 1.82) is 0 Å². The molecule has 0 unspecified atom stereocenters. The molecular weight excluding hydrogens is 221 g/mol. The maximum absolute atomic E-state index is 5.84. The molecule has 0 aliphatic heterocycles. The lowest BCUT2D eigenvalue weighted by Gasteiger charge is -2.01. The highest BCUT2D eigenvalue weighted by atomic mass is 16.3. The van der Waals surface area contributed by atoms with Crippen LogP contribution in [0.3, 0.4) is 0 Å². The van der Waals surface area contributed by atoms with Crippen LogP contribution in [-0.4, -0.2) is 12.8 Å². The van der Waals surface area contributed by atoms with E-state index in [1.54, 1.807) is 0 Å². The molecule has 4 rings (SSSR count). The van der Waals surface area contributed by atoms with Crippen LogP contribution >= 0.6 is 0 Å². The fourth-order valence-electron chi connectivity index (χ4n) is 2.59. The van der Waals surface area contributed by atoms with Crippen molar-refractivity contribution in [3.8, 4) is 0 Å². The van der Waals surface area contributed by atoms with E-state index in [9.17, 15) is 0 Å². The van der Waals surface area contributed by atoms with Crippen molar-refractivity contribution in [3.05, 3.63) is 48.7 Å². The Morgan fingerprint density at radius 1 is 0.889 bits per heavy atom. The summed E-state index contributed by atoms with van der Waals surface area (Å²) in [7, 11) is 2.09. The predicted octanol–water partition coefficient (Wildman–Crippen LogP) is 2.39. The molecule has 4 aromatic rings. The number of furan rings is 1. The Morgan fingerprint density at radius 3 is 2.67 bits per heavy atom. The molecule has 0 radical (unpaired) electrons. The zero-order chi connectivity index (χ0) is 12.1. The van der Waals surface area contributed by atoms with Crippen LogP contribution < -0.4 is 5.46 Å². The highest BCUT2D eigenvalue weighted by molar-refractivity contribution is 6.39. The van der Waals surface area contributed by atoms with Crippen LogP contribution in [-0.2, 0) is 0 Å². The molecule has 0 aliphatic rings. The molecule has 0 spiro atoms. The van der Waals surface area contributed by atoms with E-state index in [2.05, 4.69) is 37.1 Å². The van der Waals surface area contributed by atoms with Crippen LogP contribution in [0.25, 0.3) is 32.8 Å².